The maximum absolute atomic E-state index is 13.3. The van der Waals surface area contributed by atoms with Crippen molar-refractivity contribution in [2.24, 2.45) is 0 Å². The lowest BCUT2D eigenvalue weighted by Gasteiger charge is -2.16. The number of nitrogens with zero attached hydrogens (tertiary/aromatic N) is 4. The minimum atomic E-state index is -1.24. The molecule has 0 aliphatic carbocycles. The maximum Gasteiger partial charge on any atom is 0.167 e. The van der Waals surface area contributed by atoms with Gasteiger partial charge in [0.05, 0.1) is 12.9 Å². The average Bonchev–Trinajstić information content (AvgIpc) is 3.22. The summed E-state index contributed by atoms with van der Waals surface area (Å²) in [6, 6.07) is 6.20. The van der Waals surface area contributed by atoms with Gasteiger partial charge in [-0.15, -0.1) is 0 Å². The molecule has 0 amide bonds. The van der Waals surface area contributed by atoms with Gasteiger partial charge in [0.25, 0.3) is 0 Å². The van der Waals surface area contributed by atoms with Crippen molar-refractivity contribution in [3.63, 3.8) is 0 Å². The average molecular weight is 375 g/mol. The van der Waals surface area contributed by atoms with E-state index in [4.69, 9.17) is 4.74 Å². The van der Waals surface area contributed by atoms with Crippen LogP contribution in [0.3, 0.4) is 0 Å². The molecule has 3 heterocycles. The van der Waals surface area contributed by atoms with E-state index in [1.807, 2.05) is 0 Å². The Morgan fingerprint density at radius 1 is 1.19 bits per heavy atom. The highest BCUT2D eigenvalue weighted by atomic mass is 19.1. The standard InChI is InChI=1S/C17H18FN5O4/c18-10-3-1-2-9(4-10)5-19-15-12-16(21-7-20-15)23(8-22-12)17-14(26)13(25)11(6-24)27-17/h1-4,7-8,11,13-14,17,24-26H,5-6H2,(H,19,20,21)/t11-,13-,14-,17-/m1/s1. The van der Waals surface area contributed by atoms with Crippen LogP contribution in [0, 0.1) is 5.82 Å². The zero-order valence-corrected chi connectivity index (χ0v) is 14.1. The van der Waals surface area contributed by atoms with E-state index < -0.39 is 31.1 Å². The normalized spacial score (nSPS) is 25.2. The van der Waals surface area contributed by atoms with E-state index >= 15 is 0 Å². The molecule has 0 unspecified atom stereocenters. The summed E-state index contributed by atoms with van der Waals surface area (Å²) in [5.41, 5.74) is 1.57. The van der Waals surface area contributed by atoms with Gasteiger partial charge in [-0.25, -0.2) is 19.3 Å². The van der Waals surface area contributed by atoms with Crippen LogP contribution in [0.4, 0.5) is 10.2 Å². The quantitative estimate of drug-likeness (QED) is 0.498. The minimum absolute atomic E-state index is 0.323. The summed E-state index contributed by atoms with van der Waals surface area (Å²) in [6.07, 6.45) is -1.53. The highest BCUT2D eigenvalue weighted by molar-refractivity contribution is 5.82. The number of aromatic nitrogens is 4. The third-order valence-electron chi connectivity index (χ3n) is 4.50. The number of hydrogen-bond donors (Lipinski definition) is 4. The molecular weight excluding hydrogens is 357 g/mol. The van der Waals surface area contributed by atoms with Gasteiger partial charge < -0.3 is 25.4 Å². The molecule has 0 radical (unpaired) electrons. The molecule has 2 aromatic heterocycles. The molecule has 0 bridgehead atoms. The molecule has 3 aromatic rings. The SMILES string of the molecule is OC[C@H]1O[C@@H](n2cnc3c(NCc4cccc(F)c4)ncnc32)[C@H](O)[C@@H]1O. The Morgan fingerprint density at radius 3 is 2.78 bits per heavy atom. The number of aliphatic hydroxyl groups is 3. The second-order valence-corrected chi connectivity index (χ2v) is 6.26. The molecule has 0 saturated carbocycles. The van der Waals surface area contributed by atoms with E-state index in [-0.39, 0.29) is 5.82 Å². The Hall–Kier alpha value is -2.66. The van der Waals surface area contributed by atoms with Gasteiger partial charge >= 0.3 is 0 Å². The number of anilines is 1. The molecule has 142 valence electrons. The molecule has 10 heteroatoms. The fourth-order valence-corrected chi connectivity index (χ4v) is 3.11. The van der Waals surface area contributed by atoms with Crippen LogP contribution in [0.5, 0.6) is 0 Å². The van der Waals surface area contributed by atoms with Crippen molar-refractivity contribution in [3.8, 4) is 0 Å². The monoisotopic (exact) mass is 375 g/mol. The molecule has 0 spiro atoms. The first kappa shape index (κ1) is 17.7. The lowest BCUT2D eigenvalue weighted by molar-refractivity contribution is -0.0511. The van der Waals surface area contributed by atoms with Crippen LogP contribution in [0.2, 0.25) is 0 Å². The zero-order valence-electron chi connectivity index (χ0n) is 14.1. The van der Waals surface area contributed by atoms with E-state index in [0.29, 0.717) is 23.5 Å². The molecule has 4 N–H and O–H groups in total. The smallest absolute Gasteiger partial charge is 0.167 e. The molecule has 9 nitrogen and oxygen atoms in total. The van der Waals surface area contributed by atoms with E-state index in [0.717, 1.165) is 5.56 Å². The molecule has 1 saturated heterocycles. The lowest BCUT2D eigenvalue weighted by atomic mass is 10.1. The Kier molecular flexibility index (Phi) is 4.70. The first-order valence-electron chi connectivity index (χ1n) is 8.37. The van der Waals surface area contributed by atoms with Gasteiger partial charge in [-0.3, -0.25) is 4.57 Å². The van der Waals surface area contributed by atoms with Gasteiger partial charge in [0.1, 0.15) is 30.5 Å². The first-order chi connectivity index (χ1) is 13.1. The van der Waals surface area contributed by atoms with E-state index in [1.54, 1.807) is 12.1 Å². The van der Waals surface area contributed by atoms with Crippen molar-refractivity contribution >= 4 is 17.0 Å². The van der Waals surface area contributed by atoms with Crippen molar-refractivity contribution in [2.75, 3.05) is 11.9 Å². The highest BCUT2D eigenvalue weighted by Gasteiger charge is 2.44. The predicted molar refractivity (Wildman–Crippen MR) is 92.1 cm³/mol. The van der Waals surface area contributed by atoms with E-state index in [9.17, 15) is 19.7 Å². The third-order valence-corrected chi connectivity index (χ3v) is 4.50. The summed E-state index contributed by atoms with van der Waals surface area (Å²) in [5, 5.41) is 32.5. The van der Waals surface area contributed by atoms with Crippen molar-refractivity contribution in [2.45, 2.75) is 31.1 Å². The van der Waals surface area contributed by atoms with E-state index in [2.05, 4.69) is 20.3 Å². The number of aliphatic hydroxyl groups excluding tert-OH is 3. The number of hydrogen-bond acceptors (Lipinski definition) is 8. The van der Waals surface area contributed by atoms with Gasteiger partial charge in [-0.2, -0.15) is 0 Å². The predicted octanol–water partition coefficient (Wildman–Crippen LogP) is 0.189. The van der Waals surface area contributed by atoms with Gasteiger partial charge in [0.2, 0.25) is 0 Å². The van der Waals surface area contributed by atoms with Crippen LogP contribution in [-0.4, -0.2) is 59.8 Å². The minimum Gasteiger partial charge on any atom is -0.394 e. The second-order valence-electron chi connectivity index (χ2n) is 6.26. The Labute approximate surface area is 153 Å². The fourth-order valence-electron chi connectivity index (χ4n) is 3.11. The van der Waals surface area contributed by atoms with Crippen LogP contribution in [0.25, 0.3) is 11.2 Å². The summed E-state index contributed by atoms with van der Waals surface area (Å²) in [4.78, 5) is 12.6. The highest BCUT2D eigenvalue weighted by Crippen LogP contribution is 2.32. The van der Waals surface area contributed by atoms with Crippen molar-refractivity contribution in [3.05, 3.63) is 48.3 Å². The summed E-state index contributed by atoms with van der Waals surface area (Å²) in [7, 11) is 0. The van der Waals surface area contributed by atoms with Gasteiger partial charge in [0.15, 0.2) is 23.2 Å². The van der Waals surface area contributed by atoms with Gasteiger partial charge in [-0.1, -0.05) is 12.1 Å². The van der Waals surface area contributed by atoms with Gasteiger partial charge in [-0.05, 0) is 17.7 Å². The maximum atomic E-state index is 13.3. The van der Waals surface area contributed by atoms with Crippen molar-refractivity contribution in [1.29, 1.82) is 0 Å². The van der Waals surface area contributed by atoms with Crippen molar-refractivity contribution in [1.82, 2.24) is 19.5 Å². The molecule has 4 atom stereocenters. The van der Waals surface area contributed by atoms with Crippen LogP contribution >= 0.6 is 0 Å². The summed E-state index contributed by atoms with van der Waals surface area (Å²) >= 11 is 0. The molecule has 1 aliphatic rings. The Bertz CT molecular complexity index is 952. The molecule has 27 heavy (non-hydrogen) atoms. The Balaban J connectivity index is 1.60. The van der Waals surface area contributed by atoms with Crippen molar-refractivity contribution < 1.29 is 24.4 Å². The lowest BCUT2D eigenvalue weighted by Crippen LogP contribution is -2.33. The molecule has 1 aromatic carbocycles. The Morgan fingerprint density at radius 2 is 2.04 bits per heavy atom. The summed E-state index contributed by atoms with van der Waals surface area (Å²) in [5.74, 6) is 0.116. The second kappa shape index (κ2) is 7.16. The molecule has 4 rings (SSSR count). The number of nitrogens with one attached hydrogen (secondary N) is 1. The number of fused-ring (bicyclic) bond motifs is 1. The first-order valence-corrected chi connectivity index (χ1v) is 8.37. The molecular formula is C17H18FN5O4. The fraction of sp³-hybridized carbons (Fsp3) is 0.353. The molecule has 1 fully saturated rings. The molecule has 1 aliphatic heterocycles. The van der Waals surface area contributed by atoms with Crippen LogP contribution in [-0.2, 0) is 11.3 Å². The van der Waals surface area contributed by atoms with Crippen LogP contribution < -0.4 is 5.32 Å². The number of rotatable bonds is 5. The number of imidazole rings is 1. The number of benzene rings is 1. The third kappa shape index (κ3) is 3.23. The summed E-state index contributed by atoms with van der Waals surface area (Å²) in [6.45, 7) is -0.0820. The number of halogens is 1. The van der Waals surface area contributed by atoms with Crippen LogP contribution in [0.15, 0.2) is 36.9 Å². The topological polar surface area (TPSA) is 126 Å². The van der Waals surface area contributed by atoms with Crippen LogP contribution in [0.1, 0.15) is 11.8 Å². The summed E-state index contributed by atoms with van der Waals surface area (Å²) < 4.78 is 20.3. The van der Waals surface area contributed by atoms with Gasteiger partial charge in [0, 0.05) is 6.54 Å². The van der Waals surface area contributed by atoms with E-state index in [1.165, 1.54) is 29.4 Å². The largest absolute Gasteiger partial charge is 0.394 e. The zero-order chi connectivity index (χ0) is 19.0. The number of ether oxygens (including phenoxy) is 1.